The smallest absolute Gasteiger partial charge is 0.124 e. The third-order valence-electron chi connectivity index (χ3n) is 1.63. The minimum absolute atomic E-state index is 0.147. The molecule has 0 amide bonds. The zero-order chi connectivity index (χ0) is 10.4. The third kappa shape index (κ3) is 2.65. The van der Waals surface area contributed by atoms with Crippen LogP contribution < -0.4 is 4.74 Å². The molecule has 14 heavy (non-hydrogen) atoms. The number of aromatic hydroxyl groups is 1. The maximum atomic E-state index is 9.43. The van der Waals surface area contributed by atoms with Gasteiger partial charge in [-0.25, -0.2) is 0 Å². The van der Waals surface area contributed by atoms with E-state index in [-0.39, 0.29) is 5.75 Å². The Bertz CT molecular complexity index is 323. The average Bonchev–Trinajstić information content (AvgIpc) is 2.21. The molecule has 0 bridgehead atoms. The van der Waals surface area contributed by atoms with Crippen LogP contribution in [0.3, 0.4) is 0 Å². The molecule has 0 aromatic heterocycles. The lowest BCUT2D eigenvalue weighted by atomic mass is 10.2. The van der Waals surface area contributed by atoms with Crippen LogP contribution in [0.4, 0.5) is 0 Å². The molecule has 76 valence electrons. The van der Waals surface area contributed by atoms with E-state index in [1.165, 1.54) is 6.21 Å². The Hall–Kier alpha value is -1.71. The molecular weight excluding hydrogens is 182 g/mol. The molecule has 1 aromatic rings. The normalized spacial score (nSPS) is 10.4. The van der Waals surface area contributed by atoms with Gasteiger partial charge < -0.3 is 14.7 Å². The van der Waals surface area contributed by atoms with Crippen molar-refractivity contribution in [2.24, 2.45) is 5.16 Å². The highest BCUT2D eigenvalue weighted by Crippen LogP contribution is 2.20. The molecule has 0 saturated heterocycles. The van der Waals surface area contributed by atoms with E-state index in [1.807, 2.05) is 6.92 Å². The van der Waals surface area contributed by atoms with Crippen molar-refractivity contribution in [3.63, 3.8) is 0 Å². The van der Waals surface area contributed by atoms with Crippen LogP contribution in [-0.2, 0) is 4.84 Å². The highest BCUT2D eigenvalue weighted by molar-refractivity contribution is 5.83. The molecule has 0 fully saturated rings. The zero-order valence-electron chi connectivity index (χ0n) is 8.23. The molecule has 0 radical (unpaired) electrons. The first-order valence-corrected chi connectivity index (χ1v) is 4.30. The number of nitrogens with zero attached hydrogens (tertiary/aromatic N) is 1. The van der Waals surface area contributed by atoms with E-state index in [1.54, 1.807) is 25.3 Å². The number of methoxy groups -OCH3 is 1. The Balaban J connectivity index is 2.83. The minimum Gasteiger partial charge on any atom is -0.507 e. The molecule has 4 nitrogen and oxygen atoms in total. The Morgan fingerprint density at radius 3 is 2.93 bits per heavy atom. The van der Waals surface area contributed by atoms with Gasteiger partial charge in [0.25, 0.3) is 0 Å². The van der Waals surface area contributed by atoms with Crippen molar-refractivity contribution in [2.45, 2.75) is 6.92 Å². The Morgan fingerprint density at radius 1 is 1.50 bits per heavy atom. The van der Waals surface area contributed by atoms with Gasteiger partial charge in [-0.2, -0.15) is 0 Å². The van der Waals surface area contributed by atoms with Gasteiger partial charge in [0.2, 0.25) is 0 Å². The molecule has 0 spiro atoms. The number of oxime groups is 1. The van der Waals surface area contributed by atoms with Crippen LogP contribution in [0.25, 0.3) is 0 Å². The van der Waals surface area contributed by atoms with Crippen LogP contribution in [0, 0.1) is 0 Å². The van der Waals surface area contributed by atoms with Crippen molar-refractivity contribution in [3.05, 3.63) is 23.8 Å². The summed E-state index contributed by atoms with van der Waals surface area (Å²) in [6.07, 6.45) is 1.45. The number of hydrogen-bond donors (Lipinski definition) is 1. The molecule has 0 aliphatic heterocycles. The van der Waals surface area contributed by atoms with Crippen molar-refractivity contribution in [1.29, 1.82) is 0 Å². The maximum absolute atomic E-state index is 9.43. The fourth-order valence-corrected chi connectivity index (χ4v) is 0.932. The average molecular weight is 195 g/mol. The van der Waals surface area contributed by atoms with Gasteiger partial charge in [0, 0.05) is 5.56 Å². The second-order valence-electron chi connectivity index (χ2n) is 2.58. The highest BCUT2D eigenvalue weighted by Gasteiger charge is 2.00. The topological polar surface area (TPSA) is 51.0 Å². The monoisotopic (exact) mass is 195 g/mol. The first-order valence-electron chi connectivity index (χ1n) is 4.30. The lowest BCUT2D eigenvalue weighted by Gasteiger charge is -2.02. The van der Waals surface area contributed by atoms with Crippen molar-refractivity contribution in [2.75, 3.05) is 13.7 Å². The first kappa shape index (κ1) is 10.4. The third-order valence-corrected chi connectivity index (χ3v) is 1.63. The summed E-state index contributed by atoms with van der Waals surface area (Å²) in [5.74, 6) is 0.815. The van der Waals surface area contributed by atoms with Gasteiger partial charge in [-0.15, -0.1) is 0 Å². The van der Waals surface area contributed by atoms with E-state index in [0.29, 0.717) is 17.9 Å². The van der Waals surface area contributed by atoms with Crippen molar-refractivity contribution in [3.8, 4) is 11.5 Å². The van der Waals surface area contributed by atoms with Crippen LogP contribution in [0.5, 0.6) is 11.5 Å². The Kier molecular flexibility index (Phi) is 3.79. The van der Waals surface area contributed by atoms with E-state index in [4.69, 9.17) is 9.57 Å². The lowest BCUT2D eigenvalue weighted by Crippen LogP contribution is -1.88. The van der Waals surface area contributed by atoms with Gasteiger partial charge in [-0.05, 0) is 25.1 Å². The molecule has 0 saturated carbocycles. The Labute approximate surface area is 82.8 Å². The molecule has 1 aromatic carbocycles. The van der Waals surface area contributed by atoms with Crippen LogP contribution in [0.2, 0.25) is 0 Å². The Morgan fingerprint density at radius 2 is 2.29 bits per heavy atom. The lowest BCUT2D eigenvalue weighted by molar-refractivity contribution is 0.160. The number of hydrogen-bond acceptors (Lipinski definition) is 4. The summed E-state index contributed by atoms with van der Waals surface area (Å²) < 4.78 is 5.00. The number of rotatable bonds is 4. The fraction of sp³-hybridized carbons (Fsp3) is 0.300. The summed E-state index contributed by atoms with van der Waals surface area (Å²) in [5, 5.41) is 13.1. The van der Waals surface area contributed by atoms with E-state index in [2.05, 4.69) is 5.16 Å². The van der Waals surface area contributed by atoms with E-state index < -0.39 is 0 Å². The van der Waals surface area contributed by atoms with Crippen molar-refractivity contribution in [1.82, 2.24) is 0 Å². The van der Waals surface area contributed by atoms with Crippen LogP contribution >= 0.6 is 0 Å². The minimum atomic E-state index is 0.147. The first-order chi connectivity index (χ1) is 6.77. The largest absolute Gasteiger partial charge is 0.507 e. The van der Waals surface area contributed by atoms with Gasteiger partial charge in [0.15, 0.2) is 0 Å². The van der Waals surface area contributed by atoms with Gasteiger partial charge in [0.1, 0.15) is 18.1 Å². The molecular formula is C10H13NO3. The predicted molar refractivity (Wildman–Crippen MR) is 53.9 cm³/mol. The highest BCUT2D eigenvalue weighted by atomic mass is 16.6. The van der Waals surface area contributed by atoms with Crippen molar-refractivity contribution < 1.29 is 14.7 Å². The molecule has 1 rings (SSSR count). The van der Waals surface area contributed by atoms with E-state index in [0.717, 1.165) is 0 Å². The number of benzene rings is 1. The molecule has 1 N–H and O–H groups in total. The quantitative estimate of drug-likeness (QED) is 0.588. The van der Waals surface area contributed by atoms with Crippen LogP contribution in [0.1, 0.15) is 12.5 Å². The molecule has 0 aliphatic rings. The van der Waals surface area contributed by atoms with Gasteiger partial charge in [-0.1, -0.05) is 5.16 Å². The number of phenolic OH excluding ortho intramolecular Hbond substituents is 1. The van der Waals surface area contributed by atoms with E-state index >= 15 is 0 Å². The fourth-order valence-electron chi connectivity index (χ4n) is 0.932. The van der Waals surface area contributed by atoms with Crippen molar-refractivity contribution >= 4 is 6.21 Å². The second-order valence-corrected chi connectivity index (χ2v) is 2.58. The molecule has 4 heteroatoms. The van der Waals surface area contributed by atoms with Gasteiger partial charge >= 0.3 is 0 Å². The van der Waals surface area contributed by atoms with Crippen LogP contribution in [-0.4, -0.2) is 25.0 Å². The maximum Gasteiger partial charge on any atom is 0.124 e. The molecule has 0 heterocycles. The van der Waals surface area contributed by atoms with Crippen LogP contribution in [0.15, 0.2) is 23.4 Å². The summed E-state index contributed by atoms with van der Waals surface area (Å²) in [7, 11) is 1.57. The zero-order valence-corrected chi connectivity index (χ0v) is 8.23. The van der Waals surface area contributed by atoms with Gasteiger partial charge in [-0.3, -0.25) is 0 Å². The van der Waals surface area contributed by atoms with E-state index in [9.17, 15) is 5.11 Å². The van der Waals surface area contributed by atoms with Gasteiger partial charge in [0.05, 0.1) is 13.3 Å². The number of ether oxygens (including phenoxy) is 1. The summed E-state index contributed by atoms with van der Waals surface area (Å²) in [5.41, 5.74) is 0.567. The predicted octanol–water partition coefficient (Wildman–Crippen LogP) is 1.77. The summed E-state index contributed by atoms with van der Waals surface area (Å²) >= 11 is 0. The SMILES string of the molecule is CCON=Cc1cc(OC)ccc1O. The standard InChI is InChI=1S/C10H13NO3/c1-3-14-11-7-8-6-9(13-2)4-5-10(8)12/h4-7,12H,3H2,1-2H3. The summed E-state index contributed by atoms with van der Waals surface area (Å²) in [4.78, 5) is 4.78. The molecule has 0 unspecified atom stereocenters. The molecule has 0 aliphatic carbocycles. The number of phenols is 1. The summed E-state index contributed by atoms with van der Waals surface area (Å²) in [6.45, 7) is 2.34. The molecule has 0 atom stereocenters. The second kappa shape index (κ2) is 5.11. The summed E-state index contributed by atoms with van der Waals surface area (Å²) in [6, 6.07) is 4.90.